The minimum absolute atomic E-state index is 0.220. The molecule has 18 heavy (non-hydrogen) atoms. The van der Waals surface area contributed by atoms with Crippen molar-refractivity contribution in [2.45, 2.75) is 32.4 Å². The highest BCUT2D eigenvalue weighted by Crippen LogP contribution is 2.37. The van der Waals surface area contributed by atoms with Gasteiger partial charge in [0.2, 0.25) is 0 Å². The zero-order chi connectivity index (χ0) is 13.1. The van der Waals surface area contributed by atoms with Gasteiger partial charge in [-0.3, -0.25) is 0 Å². The van der Waals surface area contributed by atoms with E-state index < -0.39 is 0 Å². The number of nitrogens with one attached hydrogen (secondary N) is 1. The smallest absolute Gasteiger partial charge is 0.124 e. The summed E-state index contributed by atoms with van der Waals surface area (Å²) < 4.78 is 11.3. The summed E-state index contributed by atoms with van der Waals surface area (Å²) in [5, 5.41) is 3.39. The van der Waals surface area contributed by atoms with Gasteiger partial charge in [-0.15, -0.1) is 0 Å². The van der Waals surface area contributed by atoms with Crippen LogP contribution >= 0.6 is 0 Å². The van der Waals surface area contributed by atoms with E-state index in [0.29, 0.717) is 12.0 Å². The molecule has 0 aliphatic carbocycles. The predicted octanol–water partition coefficient (Wildman–Crippen LogP) is 2.69. The molecule has 0 saturated carbocycles. The third-order valence-electron chi connectivity index (χ3n) is 3.70. The standard InChI is InChI=1S/C15H23NO2/c1-10-5-6-14-12(7-10)13(16-3)8-15(18-14)11(2)9-17-4/h5-7,11,13,15-16H,8-9H2,1-4H3. The van der Waals surface area contributed by atoms with Crippen molar-refractivity contribution in [2.75, 3.05) is 20.8 Å². The minimum Gasteiger partial charge on any atom is -0.490 e. The Morgan fingerprint density at radius 2 is 2.28 bits per heavy atom. The van der Waals surface area contributed by atoms with Gasteiger partial charge in [-0.2, -0.15) is 0 Å². The monoisotopic (exact) mass is 249 g/mol. The van der Waals surface area contributed by atoms with Gasteiger partial charge in [0.05, 0.1) is 6.61 Å². The topological polar surface area (TPSA) is 30.5 Å². The maximum Gasteiger partial charge on any atom is 0.124 e. The van der Waals surface area contributed by atoms with E-state index in [1.165, 1.54) is 11.1 Å². The van der Waals surface area contributed by atoms with Crippen LogP contribution < -0.4 is 10.1 Å². The largest absolute Gasteiger partial charge is 0.490 e. The summed E-state index contributed by atoms with van der Waals surface area (Å²) in [4.78, 5) is 0. The average molecular weight is 249 g/mol. The lowest BCUT2D eigenvalue weighted by atomic mass is 9.90. The quantitative estimate of drug-likeness (QED) is 0.890. The van der Waals surface area contributed by atoms with Crippen molar-refractivity contribution in [3.05, 3.63) is 29.3 Å². The number of ether oxygens (including phenoxy) is 2. The van der Waals surface area contributed by atoms with Crippen LogP contribution in [0.25, 0.3) is 0 Å². The number of hydrogen-bond donors (Lipinski definition) is 1. The van der Waals surface area contributed by atoms with E-state index in [2.05, 4.69) is 37.4 Å². The molecule has 1 aromatic carbocycles. The summed E-state index contributed by atoms with van der Waals surface area (Å²) in [6.45, 7) is 5.04. The van der Waals surface area contributed by atoms with Gasteiger partial charge in [0, 0.05) is 31.1 Å². The van der Waals surface area contributed by atoms with Crippen LogP contribution in [0.1, 0.15) is 30.5 Å². The van der Waals surface area contributed by atoms with E-state index in [1.54, 1.807) is 7.11 Å². The molecule has 0 radical (unpaired) electrons. The summed E-state index contributed by atoms with van der Waals surface area (Å²) in [6.07, 6.45) is 1.22. The molecule has 1 N–H and O–H groups in total. The molecular formula is C15H23NO2. The Morgan fingerprint density at radius 3 is 2.94 bits per heavy atom. The van der Waals surface area contributed by atoms with E-state index in [1.807, 2.05) is 7.05 Å². The Bertz CT molecular complexity index is 405. The molecule has 3 nitrogen and oxygen atoms in total. The molecule has 3 unspecified atom stereocenters. The third kappa shape index (κ3) is 2.68. The summed E-state index contributed by atoms with van der Waals surface area (Å²) in [7, 11) is 3.76. The molecule has 0 fully saturated rings. The molecule has 1 aliphatic rings. The second-order valence-electron chi connectivity index (χ2n) is 5.21. The summed E-state index contributed by atoms with van der Waals surface area (Å²) in [5.74, 6) is 1.42. The molecule has 3 heteroatoms. The van der Waals surface area contributed by atoms with E-state index in [0.717, 1.165) is 18.8 Å². The van der Waals surface area contributed by atoms with Crippen LogP contribution in [0.2, 0.25) is 0 Å². The first kappa shape index (κ1) is 13.4. The molecular weight excluding hydrogens is 226 g/mol. The van der Waals surface area contributed by atoms with Crippen molar-refractivity contribution in [1.29, 1.82) is 0 Å². The Balaban J connectivity index is 2.22. The van der Waals surface area contributed by atoms with Gasteiger partial charge in [-0.1, -0.05) is 24.6 Å². The molecule has 1 aromatic rings. The molecule has 0 amide bonds. The lowest BCUT2D eigenvalue weighted by molar-refractivity contribution is 0.0508. The number of aryl methyl sites for hydroxylation is 1. The van der Waals surface area contributed by atoms with Gasteiger partial charge in [-0.05, 0) is 20.0 Å². The average Bonchev–Trinajstić information content (AvgIpc) is 2.37. The van der Waals surface area contributed by atoms with E-state index in [4.69, 9.17) is 9.47 Å². The first-order valence-corrected chi connectivity index (χ1v) is 6.59. The van der Waals surface area contributed by atoms with Crippen LogP contribution in [0.5, 0.6) is 5.75 Å². The maximum atomic E-state index is 6.11. The van der Waals surface area contributed by atoms with Gasteiger partial charge in [0.25, 0.3) is 0 Å². The van der Waals surface area contributed by atoms with Crippen LogP contribution in [0.15, 0.2) is 18.2 Å². The molecule has 3 atom stereocenters. The van der Waals surface area contributed by atoms with Crippen LogP contribution in [-0.4, -0.2) is 26.9 Å². The van der Waals surface area contributed by atoms with Crippen molar-refractivity contribution in [2.24, 2.45) is 5.92 Å². The Kier molecular flexibility index (Phi) is 4.25. The lowest BCUT2D eigenvalue weighted by Crippen LogP contribution is -2.37. The number of rotatable bonds is 4. The Morgan fingerprint density at radius 1 is 1.50 bits per heavy atom. The first-order chi connectivity index (χ1) is 8.65. The van der Waals surface area contributed by atoms with Gasteiger partial charge < -0.3 is 14.8 Å². The van der Waals surface area contributed by atoms with E-state index in [9.17, 15) is 0 Å². The molecule has 0 aromatic heterocycles. The fraction of sp³-hybridized carbons (Fsp3) is 0.600. The Hall–Kier alpha value is -1.06. The van der Waals surface area contributed by atoms with Crippen molar-refractivity contribution in [1.82, 2.24) is 5.32 Å². The van der Waals surface area contributed by atoms with E-state index >= 15 is 0 Å². The third-order valence-corrected chi connectivity index (χ3v) is 3.70. The van der Waals surface area contributed by atoms with Crippen molar-refractivity contribution < 1.29 is 9.47 Å². The molecule has 0 bridgehead atoms. The lowest BCUT2D eigenvalue weighted by Gasteiger charge is -2.35. The second kappa shape index (κ2) is 5.72. The van der Waals surface area contributed by atoms with Crippen LogP contribution in [0.4, 0.5) is 0 Å². The summed E-state index contributed by atoms with van der Waals surface area (Å²) >= 11 is 0. The van der Waals surface area contributed by atoms with E-state index in [-0.39, 0.29) is 6.10 Å². The number of hydrogen-bond acceptors (Lipinski definition) is 3. The number of fused-ring (bicyclic) bond motifs is 1. The molecule has 1 aliphatic heterocycles. The van der Waals surface area contributed by atoms with Gasteiger partial charge in [0.15, 0.2) is 0 Å². The SMILES string of the molecule is CNC1CC(C(C)COC)Oc2ccc(C)cc21. The summed E-state index contributed by atoms with van der Waals surface area (Å²) in [5.41, 5.74) is 2.55. The Labute approximate surface area is 109 Å². The van der Waals surface area contributed by atoms with Gasteiger partial charge in [0.1, 0.15) is 11.9 Å². The summed E-state index contributed by atoms with van der Waals surface area (Å²) in [6, 6.07) is 6.78. The minimum atomic E-state index is 0.220. The van der Waals surface area contributed by atoms with Crippen molar-refractivity contribution in [3.8, 4) is 5.75 Å². The highest BCUT2D eigenvalue weighted by molar-refractivity contribution is 5.40. The normalized spacial score (nSPS) is 24.2. The number of benzene rings is 1. The second-order valence-corrected chi connectivity index (χ2v) is 5.21. The zero-order valence-electron chi connectivity index (χ0n) is 11.7. The van der Waals surface area contributed by atoms with Crippen molar-refractivity contribution >= 4 is 0 Å². The van der Waals surface area contributed by atoms with Gasteiger partial charge in [-0.25, -0.2) is 0 Å². The molecule has 2 rings (SSSR count). The maximum absolute atomic E-state index is 6.11. The van der Waals surface area contributed by atoms with Crippen molar-refractivity contribution in [3.63, 3.8) is 0 Å². The van der Waals surface area contributed by atoms with Crippen LogP contribution in [-0.2, 0) is 4.74 Å². The first-order valence-electron chi connectivity index (χ1n) is 6.59. The molecule has 100 valence electrons. The van der Waals surface area contributed by atoms with Gasteiger partial charge >= 0.3 is 0 Å². The molecule has 1 heterocycles. The van der Waals surface area contributed by atoms with Crippen LogP contribution in [0.3, 0.4) is 0 Å². The fourth-order valence-electron chi connectivity index (χ4n) is 2.61. The molecule has 0 saturated heterocycles. The fourth-order valence-corrected chi connectivity index (χ4v) is 2.61. The highest BCUT2D eigenvalue weighted by Gasteiger charge is 2.30. The predicted molar refractivity (Wildman–Crippen MR) is 73.1 cm³/mol. The zero-order valence-corrected chi connectivity index (χ0v) is 11.7. The number of methoxy groups -OCH3 is 1. The molecule has 0 spiro atoms. The van der Waals surface area contributed by atoms with Crippen LogP contribution in [0, 0.1) is 12.8 Å². The highest BCUT2D eigenvalue weighted by atomic mass is 16.5.